The number of aromatic nitrogens is 2. The molecule has 1 unspecified atom stereocenters. The lowest BCUT2D eigenvalue weighted by atomic mass is 10.1. The van der Waals surface area contributed by atoms with Crippen LogP contribution in [0.2, 0.25) is 0 Å². The van der Waals surface area contributed by atoms with Crippen LogP contribution >= 0.6 is 11.3 Å². The van der Waals surface area contributed by atoms with Crippen molar-refractivity contribution >= 4 is 22.3 Å². The number of hydrogen-bond donors (Lipinski definition) is 1. The molecule has 6 nitrogen and oxygen atoms in total. The minimum Gasteiger partial charge on any atom is -0.496 e. The van der Waals surface area contributed by atoms with E-state index in [1.165, 1.54) is 16.0 Å². The fraction of sp³-hybridized carbons (Fsp3) is 0.391. The third-order valence-electron chi connectivity index (χ3n) is 5.35. The van der Waals surface area contributed by atoms with Crippen molar-refractivity contribution in [1.82, 2.24) is 14.9 Å². The van der Waals surface area contributed by atoms with Gasteiger partial charge in [-0.2, -0.15) is 0 Å². The number of thiazole rings is 1. The van der Waals surface area contributed by atoms with Crippen molar-refractivity contribution in [2.75, 3.05) is 32.1 Å². The number of nitrogens with zero attached hydrogens (tertiary/aromatic N) is 3. The number of nitrogens with one attached hydrogen (secondary N) is 1. The first kappa shape index (κ1) is 20.8. The largest absolute Gasteiger partial charge is 0.496 e. The van der Waals surface area contributed by atoms with E-state index in [-0.39, 0.29) is 6.10 Å². The molecular formula is C23H28N4O2S. The molecule has 0 radical (unpaired) electrons. The molecule has 1 aliphatic heterocycles. The van der Waals surface area contributed by atoms with Crippen LogP contribution in [0.4, 0.5) is 10.9 Å². The van der Waals surface area contributed by atoms with Crippen molar-refractivity contribution in [1.29, 1.82) is 0 Å². The molecule has 0 saturated carbocycles. The first-order valence-electron chi connectivity index (χ1n) is 10.2. The van der Waals surface area contributed by atoms with E-state index in [0.29, 0.717) is 6.61 Å². The first-order chi connectivity index (χ1) is 14.5. The van der Waals surface area contributed by atoms with Gasteiger partial charge in [0.25, 0.3) is 0 Å². The highest BCUT2D eigenvalue weighted by atomic mass is 32.1. The Labute approximate surface area is 181 Å². The molecule has 3 aromatic rings. The van der Waals surface area contributed by atoms with E-state index in [0.717, 1.165) is 47.7 Å². The maximum atomic E-state index is 6.06. The number of benzene rings is 1. The summed E-state index contributed by atoms with van der Waals surface area (Å²) in [7, 11) is 1.73. The highest BCUT2D eigenvalue weighted by Crippen LogP contribution is 2.28. The molecule has 1 aromatic carbocycles. The molecule has 1 N–H and O–H groups in total. The summed E-state index contributed by atoms with van der Waals surface area (Å²) in [6.07, 6.45) is -0.0586. The zero-order valence-electron chi connectivity index (χ0n) is 17.9. The molecule has 3 heterocycles. The molecule has 158 valence electrons. The Bertz CT molecular complexity index is 1000. The second kappa shape index (κ2) is 9.12. The van der Waals surface area contributed by atoms with Gasteiger partial charge in [0.1, 0.15) is 17.7 Å². The van der Waals surface area contributed by atoms with Crippen LogP contribution < -0.4 is 10.1 Å². The molecule has 1 saturated heterocycles. The van der Waals surface area contributed by atoms with Crippen LogP contribution in [0.1, 0.15) is 33.5 Å². The summed E-state index contributed by atoms with van der Waals surface area (Å²) in [5.41, 5.74) is 4.39. The molecule has 30 heavy (non-hydrogen) atoms. The van der Waals surface area contributed by atoms with E-state index in [2.05, 4.69) is 47.2 Å². The maximum Gasteiger partial charge on any atom is 0.188 e. The second-order valence-corrected chi connectivity index (χ2v) is 8.85. The van der Waals surface area contributed by atoms with Crippen LogP contribution in [-0.2, 0) is 11.3 Å². The Hall–Kier alpha value is -2.48. The summed E-state index contributed by atoms with van der Waals surface area (Å²) in [6, 6.07) is 12.4. The Morgan fingerprint density at radius 1 is 1.20 bits per heavy atom. The number of anilines is 2. The maximum absolute atomic E-state index is 6.06. The normalized spacial score (nSPS) is 17.1. The van der Waals surface area contributed by atoms with Crippen molar-refractivity contribution in [3.8, 4) is 5.75 Å². The van der Waals surface area contributed by atoms with Gasteiger partial charge in [0, 0.05) is 30.1 Å². The zero-order valence-corrected chi connectivity index (χ0v) is 18.8. The lowest BCUT2D eigenvalue weighted by Gasteiger charge is -2.33. The average Bonchev–Trinajstić information content (AvgIpc) is 3.06. The van der Waals surface area contributed by atoms with Crippen LogP contribution in [0.5, 0.6) is 5.75 Å². The van der Waals surface area contributed by atoms with E-state index in [4.69, 9.17) is 14.5 Å². The van der Waals surface area contributed by atoms with Crippen molar-refractivity contribution < 1.29 is 9.47 Å². The fourth-order valence-corrected chi connectivity index (χ4v) is 4.41. The molecule has 7 heteroatoms. The fourth-order valence-electron chi connectivity index (χ4n) is 3.58. The number of ether oxygens (including phenoxy) is 2. The molecule has 4 rings (SSSR count). The van der Waals surface area contributed by atoms with Crippen LogP contribution in [-0.4, -0.2) is 41.7 Å². The van der Waals surface area contributed by atoms with Gasteiger partial charge in [-0.15, -0.1) is 11.3 Å². The Balaban J connectivity index is 1.45. The van der Waals surface area contributed by atoms with Crippen molar-refractivity contribution in [3.63, 3.8) is 0 Å². The lowest BCUT2D eigenvalue weighted by Crippen LogP contribution is -2.38. The van der Waals surface area contributed by atoms with E-state index >= 15 is 0 Å². The lowest BCUT2D eigenvalue weighted by molar-refractivity contribution is -0.0350. The highest BCUT2D eigenvalue weighted by Gasteiger charge is 2.24. The van der Waals surface area contributed by atoms with Crippen LogP contribution in [0.3, 0.4) is 0 Å². The molecule has 0 amide bonds. The molecule has 1 fully saturated rings. The Morgan fingerprint density at radius 3 is 2.83 bits per heavy atom. The number of methoxy groups -OCH3 is 1. The van der Waals surface area contributed by atoms with Crippen molar-refractivity contribution in [3.05, 3.63) is 63.8 Å². The summed E-state index contributed by atoms with van der Waals surface area (Å²) in [5, 5.41) is 4.19. The molecular weight excluding hydrogens is 396 g/mol. The van der Waals surface area contributed by atoms with Gasteiger partial charge in [0.2, 0.25) is 0 Å². The quantitative estimate of drug-likeness (QED) is 0.614. The van der Waals surface area contributed by atoms with Gasteiger partial charge >= 0.3 is 0 Å². The first-order valence-corrected chi connectivity index (χ1v) is 11.0. The molecule has 0 bridgehead atoms. The third-order valence-corrected chi connectivity index (χ3v) is 6.34. The van der Waals surface area contributed by atoms with Gasteiger partial charge in [-0.05, 0) is 44.5 Å². The summed E-state index contributed by atoms with van der Waals surface area (Å²) in [5.74, 6) is 1.73. The third kappa shape index (κ3) is 4.80. The molecule has 1 atom stereocenters. The van der Waals surface area contributed by atoms with Crippen molar-refractivity contribution in [2.24, 2.45) is 0 Å². The Morgan fingerprint density at radius 2 is 2.07 bits per heavy atom. The van der Waals surface area contributed by atoms with Crippen LogP contribution in [0.15, 0.2) is 36.4 Å². The average molecular weight is 425 g/mol. The smallest absolute Gasteiger partial charge is 0.188 e. The van der Waals surface area contributed by atoms with Gasteiger partial charge in [-0.3, -0.25) is 4.90 Å². The molecule has 0 aliphatic carbocycles. The Kier molecular flexibility index (Phi) is 6.32. The van der Waals surface area contributed by atoms with Crippen LogP contribution in [0.25, 0.3) is 0 Å². The zero-order chi connectivity index (χ0) is 21.1. The summed E-state index contributed by atoms with van der Waals surface area (Å²) >= 11 is 1.64. The summed E-state index contributed by atoms with van der Waals surface area (Å²) < 4.78 is 11.6. The number of rotatable bonds is 6. The van der Waals surface area contributed by atoms with E-state index < -0.39 is 0 Å². The monoisotopic (exact) mass is 424 g/mol. The predicted molar refractivity (Wildman–Crippen MR) is 121 cm³/mol. The van der Waals surface area contributed by atoms with Gasteiger partial charge in [-0.25, -0.2) is 9.97 Å². The molecule has 1 aliphatic rings. The number of pyridine rings is 1. The minimum atomic E-state index is -0.0586. The predicted octanol–water partition coefficient (Wildman–Crippen LogP) is 4.79. The topological polar surface area (TPSA) is 59.5 Å². The van der Waals surface area contributed by atoms with E-state index in [9.17, 15) is 0 Å². The van der Waals surface area contributed by atoms with E-state index in [1.54, 1.807) is 18.4 Å². The van der Waals surface area contributed by atoms with E-state index in [1.807, 2.05) is 25.1 Å². The number of aryl methyl sites for hydroxylation is 3. The SMILES string of the molecule is COc1cc(C)ccc1CN1CCOC(c2cccc(Nc3nc(C)c(C)s3)n2)C1. The molecule has 0 spiro atoms. The second-order valence-electron chi connectivity index (χ2n) is 7.64. The number of morpholine rings is 1. The standard InChI is InChI=1S/C23H28N4O2S/c1-15-8-9-18(20(12-15)28-4)13-27-10-11-29-21(14-27)19-6-5-7-22(25-19)26-23-24-16(2)17(3)30-23/h5-9,12,21H,10-11,13-14H2,1-4H3,(H,24,25,26). The highest BCUT2D eigenvalue weighted by molar-refractivity contribution is 7.15. The van der Waals surface area contributed by atoms with Gasteiger partial charge in [-0.1, -0.05) is 18.2 Å². The van der Waals surface area contributed by atoms with Gasteiger partial charge in [0.15, 0.2) is 5.13 Å². The van der Waals surface area contributed by atoms with Gasteiger partial charge < -0.3 is 14.8 Å². The van der Waals surface area contributed by atoms with Gasteiger partial charge in [0.05, 0.1) is 25.1 Å². The van der Waals surface area contributed by atoms with Crippen LogP contribution in [0, 0.1) is 20.8 Å². The summed E-state index contributed by atoms with van der Waals surface area (Å²) in [6.45, 7) is 9.38. The molecule has 2 aromatic heterocycles. The van der Waals surface area contributed by atoms with Crippen molar-refractivity contribution in [2.45, 2.75) is 33.4 Å². The number of hydrogen-bond acceptors (Lipinski definition) is 7. The minimum absolute atomic E-state index is 0.0586. The summed E-state index contributed by atoms with van der Waals surface area (Å²) in [4.78, 5) is 13.0.